The fraction of sp³-hybridized carbons (Fsp3) is 0.476. The van der Waals surface area contributed by atoms with Gasteiger partial charge >= 0.3 is 6.03 Å². The van der Waals surface area contributed by atoms with Crippen molar-refractivity contribution in [1.82, 2.24) is 19.4 Å². The first-order chi connectivity index (χ1) is 13.5. The molecule has 7 nitrogen and oxygen atoms in total. The van der Waals surface area contributed by atoms with E-state index in [1.54, 1.807) is 25.2 Å². The molecule has 1 aliphatic heterocycles. The van der Waals surface area contributed by atoms with Gasteiger partial charge in [0.05, 0.1) is 6.33 Å². The van der Waals surface area contributed by atoms with E-state index in [0.717, 1.165) is 43.7 Å². The standard InChI is InChI=1S/C21H29N5O2/c1-24(2)20(27)9-8-17-5-3-7-19(13-17)23-21(28)26-11-4-6-18(15-26)14-25-12-10-22-16-25/h3,5,7,10,12-13,16,18H,4,6,8-9,11,14-15H2,1-2H3,(H,23,28). The lowest BCUT2D eigenvalue weighted by molar-refractivity contribution is -0.128. The minimum absolute atomic E-state index is 0.0585. The lowest BCUT2D eigenvalue weighted by Crippen LogP contribution is -2.43. The third-order valence-corrected chi connectivity index (χ3v) is 5.14. The monoisotopic (exact) mass is 383 g/mol. The zero-order valence-corrected chi connectivity index (χ0v) is 16.7. The van der Waals surface area contributed by atoms with Crippen LogP contribution in [0.5, 0.6) is 0 Å². The predicted octanol–water partition coefficient (Wildman–Crippen LogP) is 2.85. The Morgan fingerprint density at radius 3 is 2.93 bits per heavy atom. The van der Waals surface area contributed by atoms with Crippen LogP contribution in [0.1, 0.15) is 24.8 Å². The van der Waals surface area contributed by atoms with Gasteiger partial charge in [0.2, 0.25) is 5.91 Å². The van der Waals surface area contributed by atoms with Crippen LogP contribution in [0.2, 0.25) is 0 Å². The van der Waals surface area contributed by atoms with Crippen LogP contribution < -0.4 is 5.32 Å². The van der Waals surface area contributed by atoms with Crippen molar-refractivity contribution in [2.75, 3.05) is 32.5 Å². The van der Waals surface area contributed by atoms with E-state index in [0.29, 0.717) is 18.8 Å². The normalized spacial score (nSPS) is 16.6. The van der Waals surface area contributed by atoms with Crippen molar-refractivity contribution in [3.8, 4) is 0 Å². The number of nitrogens with one attached hydrogen (secondary N) is 1. The second-order valence-corrected chi connectivity index (χ2v) is 7.63. The molecular weight excluding hydrogens is 354 g/mol. The number of carbonyl (C=O) groups is 2. The Balaban J connectivity index is 1.53. The second kappa shape index (κ2) is 9.39. The number of anilines is 1. The average molecular weight is 383 g/mol. The van der Waals surface area contributed by atoms with Gasteiger partial charge in [-0.3, -0.25) is 4.79 Å². The predicted molar refractivity (Wildman–Crippen MR) is 109 cm³/mol. The van der Waals surface area contributed by atoms with Gasteiger partial charge in [-0.05, 0) is 42.9 Å². The number of nitrogens with zero attached hydrogens (tertiary/aromatic N) is 4. The SMILES string of the molecule is CN(C)C(=O)CCc1cccc(NC(=O)N2CCCC(Cn3ccnc3)C2)c1. The van der Waals surface area contributed by atoms with E-state index in [9.17, 15) is 9.59 Å². The summed E-state index contributed by atoms with van der Waals surface area (Å²) < 4.78 is 2.07. The van der Waals surface area contributed by atoms with Gasteiger partial charge in [-0.1, -0.05) is 12.1 Å². The largest absolute Gasteiger partial charge is 0.349 e. The fourth-order valence-corrected chi connectivity index (χ4v) is 3.57. The molecule has 3 rings (SSSR count). The summed E-state index contributed by atoms with van der Waals surface area (Å²) in [4.78, 5) is 32.1. The van der Waals surface area contributed by atoms with E-state index in [4.69, 9.17) is 0 Å². The summed E-state index contributed by atoms with van der Waals surface area (Å²) in [5, 5.41) is 3.01. The Kier molecular flexibility index (Phi) is 6.68. The summed E-state index contributed by atoms with van der Waals surface area (Å²) in [6.07, 6.45) is 8.84. The number of likely N-dealkylation sites (tertiary alicyclic amines) is 1. The Bertz CT molecular complexity index is 788. The molecule has 1 fully saturated rings. The maximum atomic E-state index is 12.7. The van der Waals surface area contributed by atoms with Crippen LogP contribution in [0.25, 0.3) is 0 Å². The molecule has 1 aliphatic rings. The zero-order valence-electron chi connectivity index (χ0n) is 16.7. The lowest BCUT2D eigenvalue weighted by atomic mass is 9.98. The van der Waals surface area contributed by atoms with Crippen molar-refractivity contribution < 1.29 is 9.59 Å². The van der Waals surface area contributed by atoms with Gasteiger partial charge in [-0.15, -0.1) is 0 Å². The quantitative estimate of drug-likeness (QED) is 0.834. The number of imidazole rings is 1. The topological polar surface area (TPSA) is 70.5 Å². The van der Waals surface area contributed by atoms with Crippen LogP contribution in [0, 0.1) is 5.92 Å². The lowest BCUT2D eigenvalue weighted by Gasteiger charge is -2.33. The third kappa shape index (κ3) is 5.58. The highest BCUT2D eigenvalue weighted by Crippen LogP contribution is 2.20. The second-order valence-electron chi connectivity index (χ2n) is 7.63. The van der Waals surface area contributed by atoms with Crippen LogP contribution in [0.3, 0.4) is 0 Å². The smallest absolute Gasteiger partial charge is 0.321 e. The number of amides is 3. The molecule has 1 saturated heterocycles. The molecule has 0 bridgehead atoms. The zero-order chi connectivity index (χ0) is 19.9. The van der Waals surface area contributed by atoms with E-state index in [1.165, 1.54) is 0 Å². The van der Waals surface area contributed by atoms with Crippen LogP contribution >= 0.6 is 0 Å². The number of aryl methyl sites for hydroxylation is 1. The van der Waals surface area contributed by atoms with Gasteiger partial charge in [-0.25, -0.2) is 9.78 Å². The van der Waals surface area contributed by atoms with Crippen LogP contribution in [-0.4, -0.2) is 58.5 Å². The molecule has 150 valence electrons. The molecule has 0 radical (unpaired) electrons. The summed E-state index contributed by atoms with van der Waals surface area (Å²) in [7, 11) is 3.52. The van der Waals surface area contributed by atoms with Gasteiger partial charge in [0.25, 0.3) is 0 Å². The molecule has 1 aromatic carbocycles. The number of rotatable bonds is 6. The van der Waals surface area contributed by atoms with Crippen molar-refractivity contribution in [2.24, 2.45) is 5.92 Å². The van der Waals surface area contributed by atoms with E-state index in [2.05, 4.69) is 14.9 Å². The van der Waals surface area contributed by atoms with Gasteiger partial charge in [0, 0.05) is 58.2 Å². The number of hydrogen-bond donors (Lipinski definition) is 1. The molecule has 1 aromatic heterocycles. The third-order valence-electron chi connectivity index (χ3n) is 5.14. The van der Waals surface area contributed by atoms with Gasteiger partial charge in [-0.2, -0.15) is 0 Å². The number of hydrogen-bond acceptors (Lipinski definition) is 3. The highest BCUT2D eigenvalue weighted by Gasteiger charge is 2.24. The van der Waals surface area contributed by atoms with Crippen molar-refractivity contribution in [1.29, 1.82) is 0 Å². The van der Waals surface area contributed by atoms with E-state index < -0.39 is 0 Å². The Hall–Kier alpha value is -2.83. The Morgan fingerprint density at radius 1 is 1.32 bits per heavy atom. The highest BCUT2D eigenvalue weighted by molar-refractivity contribution is 5.89. The molecule has 28 heavy (non-hydrogen) atoms. The molecule has 0 aliphatic carbocycles. The molecule has 1 unspecified atom stereocenters. The summed E-state index contributed by atoms with van der Waals surface area (Å²) >= 11 is 0. The average Bonchev–Trinajstić information content (AvgIpc) is 3.19. The first kappa shape index (κ1) is 19.9. The molecule has 0 saturated carbocycles. The Labute approximate surface area is 166 Å². The van der Waals surface area contributed by atoms with E-state index >= 15 is 0 Å². The van der Waals surface area contributed by atoms with Gasteiger partial charge < -0.3 is 19.7 Å². The van der Waals surface area contributed by atoms with Crippen LogP contribution in [0.15, 0.2) is 43.0 Å². The first-order valence-corrected chi connectivity index (χ1v) is 9.82. The number of piperidine rings is 1. The summed E-state index contributed by atoms with van der Waals surface area (Å²) in [6.45, 7) is 2.42. The van der Waals surface area contributed by atoms with Gasteiger partial charge in [0.1, 0.15) is 0 Å². The summed E-state index contributed by atoms with van der Waals surface area (Å²) in [5.74, 6) is 0.545. The molecule has 3 amide bonds. The maximum Gasteiger partial charge on any atom is 0.321 e. The van der Waals surface area contributed by atoms with E-state index in [-0.39, 0.29) is 11.9 Å². The van der Waals surface area contributed by atoms with Gasteiger partial charge in [0.15, 0.2) is 0 Å². The molecule has 2 aromatic rings. The number of aromatic nitrogens is 2. The van der Waals surface area contributed by atoms with Crippen molar-refractivity contribution in [2.45, 2.75) is 32.2 Å². The first-order valence-electron chi connectivity index (χ1n) is 9.82. The minimum atomic E-state index is -0.0585. The number of benzene rings is 1. The van der Waals surface area contributed by atoms with Crippen LogP contribution in [-0.2, 0) is 17.8 Å². The number of carbonyl (C=O) groups excluding carboxylic acids is 2. The van der Waals surface area contributed by atoms with Crippen molar-refractivity contribution in [3.05, 3.63) is 48.5 Å². The van der Waals surface area contributed by atoms with Crippen molar-refractivity contribution in [3.63, 3.8) is 0 Å². The molecule has 0 spiro atoms. The molecular formula is C21H29N5O2. The summed E-state index contributed by atoms with van der Waals surface area (Å²) in [5.41, 5.74) is 1.82. The summed E-state index contributed by atoms with van der Waals surface area (Å²) in [6, 6.07) is 7.69. The minimum Gasteiger partial charge on any atom is -0.349 e. The Morgan fingerprint density at radius 2 is 2.18 bits per heavy atom. The molecule has 1 N–H and O–H groups in total. The highest BCUT2D eigenvalue weighted by atomic mass is 16.2. The van der Waals surface area contributed by atoms with Crippen molar-refractivity contribution >= 4 is 17.6 Å². The fourth-order valence-electron chi connectivity index (χ4n) is 3.57. The number of urea groups is 1. The maximum absolute atomic E-state index is 12.7. The molecule has 7 heteroatoms. The van der Waals surface area contributed by atoms with Crippen LogP contribution in [0.4, 0.5) is 10.5 Å². The molecule has 1 atom stereocenters. The molecule has 2 heterocycles. The van der Waals surface area contributed by atoms with E-state index in [1.807, 2.05) is 41.7 Å².